The molecule has 1 aromatic carbocycles. The predicted molar refractivity (Wildman–Crippen MR) is 83.3 cm³/mol. The van der Waals surface area contributed by atoms with Gasteiger partial charge in [0, 0.05) is 5.69 Å². The number of aromatic nitrogens is 1. The van der Waals surface area contributed by atoms with Gasteiger partial charge in [-0.05, 0) is 38.3 Å². The van der Waals surface area contributed by atoms with Crippen molar-refractivity contribution in [3.8, 4) is 0 Å². The lowest BCUT2D eigenvalue weighted by atomic mass is 9.79. The van der Waals surface area contributed by atoms with Gasteiger partial charge in [0.1, 0.15) is 5.69 Å². The van der Waals surface area contributed by atoms with Crippen LogP contribution in [0, 0.1) is 6.92 Å². The number of oxazole rings is 1. The van der Waals surface area contributed by atoms with E-state index in [0.717, 1.165) is 5.76 Å². The molecule has 1 aliphatic heterocycles. The number of para-hydroxylation sites is 1. The molecule has 1 aromatic heterocycles. The molecule has 4 rings (SSSR count). The van der Waals surface area contributed by atoms with E-state index in [-0.39, 0.29) is 11.6 Å². The van der Waals surface area contributed by atoms with E-state index in [0.29, 0.717) is 0 Å². The molecule has 1 aliphatic carbocycles. The molecule has 1 atom stereocenters. The lowest BCUT2D eigenvalue weighted by Crippen LogP contribution is -2.44. The molecule has 1 saturated carbocycles. The third-order valence-electron chi connectivity index (χ3n) is 5.32. The van der Waals surface area contributed by atoms with Crippen LogP contribution < -0.4 is 4.90 Å². The third-order valence-corrected chi connectivity index (χ3v) is 5.32. The number of nitrogens with zero attached hydrogens (tertiary/aromatic N) is 2. The van der Waals surface area contributed by atoms with Crippen LogP contribution in [0.3, 0.4) is 0 Å². The summed E-state index contributed by atoms with van der Waals surface area (Å²) in [4.78, 5) is 7.21. The van der Waals surface area contributed by atoms with Gasteiger partial charge in [0.05, 0.1) is 11.6 Å². The van der Waals surface area contributed by atoms with Gasteiger partial charge in [-0.3, -0.25) is 0 Å². The first-order valence-corrected chi connectivity index (χ1v) is 8.03. The molecule has 0 radical (unpaired) electrons. The minimum absolute atomic E-state index is 0.0477. The van der Waals surface area contributed by atoms with Crippen molar-refractivity contribution < 1.29 is 4.42 Å². The Morgan fingerprint density at radius 1 is 1.19 bits per heavy atom. The van der Waals surface area contributed by atoms with Crippen LogP contribution in [-0.4, -0.2) is 4.98 Å². The fourth-order valence-corrected chi connectivity index (χ4v) is 4.39. The summed E-state index contributed by atoms with van der Waals surface area (Å²) >= 11 is 0. The maximum Gasteiger partial charge on any atom is 0.181 e. The summed E-state index contributed by atoms with van der Waals surface area (Å²) in [5, 5.41) is 0. The number of aryl methyl sites for hydroxylation is 1. The van der Waals surface area contributed by atoms with Crippen LogP contribution in [0.5, 0.6) is 0 Å². The van der Waals surface area contributed by atoms with Crippen LogP contribution in [0.1, 0.15) is 62.1 Å². The van der Waals surface area contributed by atoms with Crippen LogP contribution in [0.2, 0.25) is 0 Å². The number of benzene rings is 1. The summed E-state index contributed by atoms with van der Waals surface area (Å²) in [5.74, 6) is 1.07. The molecule has 3 nitrogen and oxygen atoms in total. The fraction of sp³-hybridized carbons (Fsp3) is 0.500. The Morgan fingerprint density at radius 3 is 2.71 bits per heavy atom. The fourth-order valence-electron chi connectivity index (χ4n) is 4.39. The molecule has 0 bridgehead atoms. The Labute approximate surface area is 126 Å². The second-order valence-electron chi connectivity index (χ2n) is 6.49. The zero-order valence-corrected chi connectivity index (χ0v) is 12.8. The van der Waals surface area contributed by atoms with Gasteiger partial charge >= 0.3 is 0 Å². The van der Waals surface area contributed by atoms with E-state index in [1.165, 1.54) is 49.0 Å². The highest BCUT2D eigenvalue weighted by atomic mass is 16.3. The molecule has 0 amide bonds. The number of hydrogen-bond donors (Lipinski definition) is 0. The molecule has 0 saturated heterocycles. The van der Waals surface area contributed by atoms with Gasteiger partial charge in [0.25, 0.3) is 0 Å². The summed E-state index contributed by atoms with van der Waals surface area (Å²) in [7, 11) is 0. The van der Waals surface area contributed by atoms with Crippen LogP contribution in [-0.2, 0) is 5.54 Å². The molecule has 110 valence electrons. The Morgan fingerprint density at radius 2 is 1.95 bits per heavy atom. The molecular formula is C18H22N2O. The third kappa shape index (κ3) is 1.69. The Bertz CT molecular complexity index is 655. The van der Waals surface area contributed by atoms with Gasteiger partial charge in [0.15, 0.2) is 12.2 Å². The molecule has 1 spiro atoms. The number of anilines is 1. The molecule has 21 heavy (non-hydrogen) atoms. The van der Waals surface area contributed by atoms with Crippen molar-refractivity contribution in [2.24, 2.45) is 0 Å². The second kappa shape index (κ2) is 4.62. The van der Waals surface area contributed by atoms with Gasteiger partial charge in [-0.1, -0.05) is 37.5 Å². The zero-order valence-electron chi connectivity index (χ0n) is 12.8. The molecule has 2 heterocycles. The van der Waals surface area contributed by atoms with Crippen LogP contribution in [0.4, 0.5) is 5.69 Å². The standard InChI is InChI=1S/C18H22N2O/c1-13-8-4-5-9-15(13)20-14(2)16-17(19-12-21-16)18(20)10-6-3-7-11-18/h4-5,8-9,12,14H,3,6-7,10-11H2,1-2H3/t14-/m0/s1. The van der Waals surface area contributed by atoms with E-state index in [1.807, 2.05) is 0 Å². The SMILES string of the molecule is Cc1ccccc1N1[C@@H](C)c2ocnc2C12CCCCC2. The molecular weight excluding hydrogens is 260 g/mol. The predicted octanol–water partition coefficient (Wildman–Crippen LogP) is 4.72. The average molecular weight is 282 g/mol. The summed E-state index contributed by atoms with van der Waals surface area (Å²) in [5.41, 5.74) is 3.91. The van der Waals surface area contributed by atoms with Gasteiger partial charge in [-0.15, -0.1) is 0 Å². The van der Waals surface area contributed by atoms with E-state index < -0.39 is 0 Å². The summed E-state index contributed by atoms with van der Waals surface area (Å²) in [6.45, 7) is 4.45. The molecule has 3 heteroatoms. The highest BCUT2D eigenvalue weighted by Crippen LogP contribution is 2.55. The Kier molecular flexibility index (Phi) is 2.84. The van der Waals surface area contributed by atoms with Crippen molar-refractivity contribution in [3.63, 3.8) is 0 Å². The van der Waals surface area contributed by atoms with Crippen LogP contribution in [0.25, 0.3) is 0 Å². The Hall–Kier alpha value is -1.77. The lowest BCUT2D eigenvalue weighted by molar-refractivity contribution is 0.276. The molecule has 1 fully saturated rings. The first-order chi connectivity index (χ1) is 10.2. The molecule has 2 aromatic rings. The van der Waals surface area contributed by atoms with Gasteiger partial charge in [0.2, 0.25) is 0 Å². The number of fused-ring (bicyclic) bond motifs is 2. The highest BCUT2D eigenvalue weighted by Gasteiger charge is 2.52. The Balaban J connectivity index is 1.89. The van der Waals surface area contributed by atoms with Crippen molar-refractivity contribution in [1.29, 1.82) is 0 Å². The monoisotopic (exact) mass is 282 g/mol. The van der Waals surface area contributed by atoms with Gasteiger partial charge < -0.3 is 9.32 Å². The quantitative estimate of drug-likeness (QED) is 0.757. The van der Waals surface area contributed by atoms with E-state index in [1.54, 1.807) is 6.39 Å². The second-order valence-corrected chi connectivity index (χ2v) is 6.49. The summed E-state index contributed by atoms with van der Waals surface area (Å²) in [6.07, 6.45) is 7.90. The number of rotatable bonds is 1. The maximum atomic E-state index is 5.75. The average Bonchev–Trinajstić information content (AvgIpc) is 3.06. The van der Waals surface area contributed by atoms with E-state index >= 15 is 0 Å². The molecule has 0 N–H and O–H groups in total. The van der Waals surface area contributed by atoms with Crippen LogP contribution >= 0.6 is 0 Å². The van der Waals surface area contributed by atoms with Crippen LogP contribution in [0.15, 0.2) is 35.1 Å². The molecule has 0 unspecified atom stereocenters. The summed E-state index contributed by atoms with van der Waals surface area (Å²) in [6, 6.07) is 8.96. The van der Waals surface area contributed by atoms with Gasteiger partial charge in [-0.2, -0.15) is 0 Å². The summed E-state index contributed by atoms with van der Waals surface area (Å²) < 4.78 is 5.75. The number of hydrogen-bond acceptors (Lipinski definition) is 3. The first-order valence-electron chi connectivity index (χ1n) is 8.03. The molecule has 2 aliphatic rings. The largest absolute Gasteiger partial charge is 0.446 e. The van der Waals surface area contributed by atoms with Crippen molar-refractivity contribution in [1.82, 2.24) is 4.98 Å². The van der Waals surface area contributed by atoms with E-state index in [4.69, 9.17) is 4.42 Å². The van der Waals surface area contributed by atoms with Crippen molar-refractivity contribution in [2.75, 3.05) is 4.90 Å². The minimum Gasteiger partial charge on any atom is -0.446 e. The first kappa shape index (κ1) is 12.9. The van der Waals surface area contributed by atoms with E-state index in [9.17, 15) is 0 Å². The maximum absolute atomic E-state index is 5.75. The lowest BCUT2D eigenvalue weighted by Gasteiger charge is -2.44. The van der Waals surface area contributed by atoms with E-state index in [2.05, 4.69) is 48.0 Å². The zero-order chi connectivity index (χ0) is 14.4. The normalized spacial score (nSPS) is 23.5. The van der Waals surface area contributed by atoms with Crippen molar-refractivity contribution >= 4 is 5.69 Å². The van der Waals surface area contributed by atoms with Gasteiger partial charge in [-0.25, -0.2) is 4.98 Å². The van der Waals surface area contributed by atoms with Crippen molar-refractivity contribution in [2.45, 2.75) is 57.5 Å². The smallest absolute Gasteiger partial charge is 0.181 e. The minimum atomic E-state index is 0.0477. The van der Waals surface area contributed by atoms with Crippen molar-refractivity contribution in [3.05, 3.63) is 47.7 Å². The highest BCUT2D eigenvalue weighted by molar-refractivity contribution is 5.61. The topological polar surface area (TPSA) is 29.3 Å².